The van der Waals surface area contributed by atoms with Crippen LogP contribution in [0, 0.1) is 0 Å². The third kappa shape index (κ3) is 5.12. The SMILES string of the molecule is CCOC(=O)C(=O)CC[P+](c1ccccc1)(c1ccccc1)c1ccccc1.[Cl-]. The number of Topliss-reactive ketones (excluding diaryl/α,β-unsaturated/α-hetero) is 1. The van der Waals surface area contributed by atoms with Crippen LogP contribution in [0.5, 0.6) is 0 Å². The van der Waals surface area contributed by atoms with Crippen LogP contribution in [0.25, 0.3) is 0 Å². The fourth-order valence-corrected chi connectivity index (χ4v) is 7.72. The van der Waals surface area contributed by atoms with E-state index in [9.17, 15) is 9.59 Å². The lowest BCUT2D eigenvalue weighted by molar-refractivity contribution is -0.153. The van der Waals surface area contributed by atoms with Crippen molar-refractivity contribution < 1.29 is 26.7 Å². The Hall–Kier alpha value is -2.48. The van der Waals surface area contributed by atoms with Crippen LogP contribution in [-0.4, -0.2) is 24.5 Å². The molecule has 0 amide bonds. The number of carbonyl (C=O) groups is 2. The maximum atomic E-state index is 12.4. The number of rotatable bonds is 8. The molecule has 150 valence electrons. The summed E-state index contributed by atoms with van der Waals surface area (Å²) in [5.41, 5.74) is 0. The molecule has 0 spiro atoms. The number of ketones is 1. The molecule has 29 heavy (non-hydrogen) atoms. The van der Waals surface area contributed by atoms with Crippen LogP contribution in [0.15, 0.2) is 91.0 Å². The van der Waals surface area contributed by atoms with Gasteiger partial charge in [0.25, 0.3) is 0 Å². The third-order valence-electron chi connectivity index (χ3n) is 4.77. The van der Waals surface area contributed by atoms with Crippen molar-refractivity contribution in [2.24, 2.45) is 0 Å². The van der Waals surface area contributed by atoms with E-state index in [0.29, 0.717) is 6.16 Å². The number of benzene rings is 3. The molecule has 0 aromatic heterocycles. The summed E-state index contributed by atoms with van der Waals surface area (Å²) < 4.78 is 4.91. The first-order chi connectivity index (χ1) is 13.7. The van der Waals surface area contributed by atoms with E-state index in [0.717, 1.165) is 0 Å². The van der Waals surface area contributed by atoms with E-state index < -0.39 is 19.0 Å². The highest BCUT2D eigenvalue weighted by molar-refractivity contribution is 7.95. The average Bonchev–Trinajstić information content (AvgIpc) is 2.76. The molecule has 3 aromatic carbocycles. The number of carbonyl (C=O) groups excluding carboxylic acids is 2. The molecule has 0 atom stereocenters. The second-order valence-corrected chi connectivity index (χ2v) is 10.0. The fraction of sp³-hybridized carbons (Fsp3) is 0.167. The number of hydrogen-bond donors (Lipinski definition) is 0. The van der Waals surface area contributed by atoms with Gasteiger partial charge in [-0.2, -0.15) is 0 Å². The lowest BCUT2D eigenvalue weighted by Crippen LogP contribution is -3.00. The quantitative estimate of drug-likeness (QED) is 0.299. The van der Waals surface area contributed by atoms with E-state index in [4.69, 9.17) is 4.74 Å². The summed E-state index contributed by atoms with van der Waals surface area (Å²) in [5.74, 6) is -1.20. The second-order valence-electron chi connectivity index (χ2n) is 6.43. The first-order valence-electron chi connectivity index (χ1n) is 9.43. The predicted molar refractivity (Wildman–Crippen MR) is 116 cm³/mol. The highest BCUT2D eigenvalue weighted by Crippen LogP contribution is 2.55. The maximum Gasteiger partial charge on any atom is 0.374 e. The predicted octanol–water partition coefficient (Wildman–Crippen LogP) is 0.507. The van der Waals surface area contributed by atoms with E-state index in [1.54, 1.807) is 6.92 Å². The van der Waals surface area contributed by atoms with Gasteiger partial charge in [0.05, 0.1) is 19.2 Å². The van der Waals surface area contributed by atoms with E-state index in [1.165, 1.54) is 15.9 Å². The van der Waals surface area contributed by atoms with Crippen molar-refractivity contribution >= 4 is 34.9 Å². The Morgan fingerprint density at radius 2 is 1.10 bits per heavy atom. The number of ether oxygens (including phenoxy) is 1. The molecule has 0 saturated heterocycles. The van der Waals surface area contributed by atoms with Crippen molar-refractivity contribution in [2.45, 2.75) is 13.3 Å². The van der Waals surface area contributed by atoms with Gasteiger partial charge >= 0.3 is 5.97 Å². The monoisotopic (exact) mass is 426 g/mol. The van der Waals surface area contributed by atoms with Crippen LogP contribution in [-0.2, 0) is 14.3 Å². The summed E-state index contributed by atoms with van der Waals surface area (Å²) in [4.78, 5) is 24.3. The van der Waals surface area contributed by atoms with Gasteiger partial charge in [0.1, 0.15) is 23.2 Å². The standard InChI is InChI=1S/C24H24O3P.ClH/c1-2-27-24(26)23(25)18-19-28(20-12-6-3-7-13-20,21-14-8-4-9-15-21)22-16-10-5-11-17-22;/h3-17H,2,18-19H2,1H3;1H/q+1;/p-1. The van der Waals surface area contributed by atoms with Crippen molar-refractivity contribution in [3.63, 3.8) is 0 Å². The molecule has 0 aliphatic rings. The first-order valence-corrected chi connectivity index (χ1v) is 11.4. The van der Waals surface area contributed by atoms with Crippen LogP contribution in [0.3, 0.4) is 0 Å². The molecule has 0 aliphatic carbocycles. The molecule has 3 rings (SSSR count). The molecule has 0 aliphatic heterocycles. The smallest absolute Gasteiger partial charge is 0.374 e. The van der Waals surface area contributed by atoms with Crippen LogP contribution in [0.2, 0.25) is 0 Å². The fourth-order valence-electron chi connectivity index (χ4n) is 3.46. The molecule has 0 saturated carbocycles. The van der Waals surface area contributed by atoms with E-state index >= 15 is 0 Å². The van der Waals surface area contributed by atoms with Gasteiger partial charge in [0, 0.05) is 0 Å². The number of halogens is 1. The summed E-state index contributed by atoms with van der Waals surface area (Å²) in [6, 6.07) is 30.9. The van der Waals surface area contributed by atoms with Gasteiger partial charge < -0.3 is 17.1 Å². The van der Waals surface area contributed by atoms with Crippen LogP contribution in [0.4, 0.5) is 0 Å². The highest BCUT2D eigenvalue weighted by atomic mass is 35.5. The molecule has 3 aromatic rings. The minimum absolute atomic E-state index is 0. The van der Waals surface area contributed by atoms with Crippen molar-refractivity contribution in [1.82, 2.24) is 0 Å². The molecular weight excluding hydrogens is 403 g/mol. The van der Waals surface area contributed by atoms with E-state index in [-0.39, 0.29) is 25.4 Å². The Morgan fingerprint density at radius 3 is 1.45 bits per heavy atom. The molecule has 5 heteroatoms. The molecule has 3 nitrogen and oxygen atoms in total. The Bertz CT molecular complexity index is 818. The summed E-state index contributed by atoms with van der Waals surface area (Å²) in [6.45, 7) is 1.92. The third-order valence-corrected chi connectivity index (χ3v) is 9.20. The Labute approximate surface area is 178 Å². The Kier molecular flexibility index (Phi) is 8.57. The van der Waals surface area contributed by atoms with Crippen LogP contribution < -0.4 is 28.3 Å². The Balaban J connectivity index is 0.00000300. The highest BCUT2D eigenvalue weighted by Gasteiger charge is 2.45. The number of esters is 1. The van der Waals surface area contributed by atoms with Crippen molar-refractivity contribution in [3.05, 3.63) is 91.0 Å². The minimum Gasteiger partial charge on any atom is -1.00 e. The van der Waals surface area contributed by atoms with Gasteiger partial charge in [-0.05, 0) is 43.3 Å². The largest absolute Gasteiger partial charge is 1.00 e. The van der Waals surface area contributed by atoms with Crippen molar-refractivity contribution in [2.75, 3.05) is 12.8 Å². The first kappa shape index (κ1) is 22.8. The molecule has 0 heterocycles. The molecule has 0 radical (unpaired) electrons. The van der Waals surface area contributed by atoms with Gasteiger partial charge in [-0.25, -0.2) is 4.79 Å². The molecule has 0 fully saturated rings. The second kappa shape index (κ2) is 10.9. The Morgan fingerprint density at radius 1 is 0.724 bits per heavy atom. The molecule has 0 N–H and O–H groups in total. The summed E-state index contributed by atoms with van der Waals surface area (Å²) >= 11 is 0. The summed E-state index contributed by atoms with van der Waals surface area (Å²) in [5, 5.41) is 3.59. The maximum absolute atomic E-state index is 12.4. The summed E-state index contributed by atoms with van der Waals surface area (Å²) in [7, 11) is -2.09. The van der Waals surface area contributed by atoms with E-state index in [2.05, 4.69) is 36.4 Å². The molecular formula is C24H24ClO3P. The van der Waals surface area contributed by atoms with Gasteiger partial charge in [0.15, 0.2) is 0 Å². The number of hydrogen-bond acceptors (Lipinski definition) is 3. The van der Waals surface area contributed by atoms with Gasteiger partial charge in [0.2, 0.25) is 5.78 Å². The average molecular weight is 427 g/mol. The van der Waals surface area contributed by atoms with Gasteiger partial charge in [-0.1, -0.05) is 54.6 Å². The van der Waals surface area contributed by atoms with Gasteiger partial charge in [-0.3, -0.25) is 4.79 Å². The van der Waals surface area contributed by atoms with Crippen molar-refractivity contribution in [1.29, 1.82) is 0 Å². The van der Waals surface area contributed by atoms with Crippen molar-refractivity contribution in [3.8, 4) is 0 Å². The minimum atomic E-state index is -2.09. The molecule has 0 unspecified atom stereocenters. The van der Waals surface area contributed by atoms with Crippen LogP contribution >= 0.6 is 7.26 Å². The van der Waals surface area contributed by atoms with Gasteiger partial charge in [-0.15, -0.1) is 0 Å². The zero-order chi connectivity index (χ0) is 19.8. The molecule has 0 bridgehead atoms. The van der Waals surface area contributed by atoms with E-state index in [1.807, 2.05) is 54.6 Å². The lowest BCUT2D eigenvalue weighted by atomic mass is 10.3. The van der Waals surface area contributed by atoms with Crippen LogP contribution in [0.1, 0.15) is 13.3 Å². The zero-order valence-corrected chi connectivity index (χ0v) is 18.0. The normalized spacial score (nSPS) is 10.7. The summed E-state index contributed by atoms with van der Waals surface area (Å²) in [6.07, 6.45) is 0.744. The lowest BCUT2D eigenvalue weighted by Gasteiger charge is -2.27. The zero-order valence-electron chi connectivity index (χ0n) is 16.3. The topological polar surface area (TPSA) is 43.4 Å².